The third-order valence-corrected chi connectivity index (χ3v) is 3.94. The summed E-state index contributed by atoms with van der Waals surface area (Å²) in [7, 11) is 0. The monoisotopic (exact) mass is 318 g/mol. The molecule has 2 aromatic heterocycles. The van der Waals surface area contributed by atoms with E-state index in [0.717, 1.165) is 12.8 Å². The maximum Gasteiger partial charge on any atom is 0.261 e. The maximum atomic E-state index is 11.9. The van der Waals surface area contributed by atoms with Gasteiger partial charge >= 0.3 is 0 Å². The molecular weight excluding hydrogens is 292 g/mol. The van der Waals surface area contributed by atoms with E-state index in [0.29, 0.717) is 17.5 Å². The largest absolute Gasteiger partial charge is 0.346 e. The van der Waals surface area contributed by atoms with Crippen LogP contribution < -0.4 is 10.9 Å². The van der Waals surface area contributed by atoms with E-state index in [1.807, 2.05) is 0 Å². The molecule has 1 amide bonds. The number of nitrogens with zero attached hydrogens (tertiary/aromatic N) is 1. The number of rotatable bonds is 10. The highest BCUT2D eigenvalue weighted by Crippen LogP contribution is 2.10. The van der Waals surface area contributed by atoms with Crippen LogP contribution in [0.3, 0.4) is 0 Å². The van der Waals surface area contributed by atoms with Crippen molar-refractivity contribution in [2.75, 3.05) is 5.32 Å². The standard InChI is InChI=1S/C17H26N4O2/c1-2-3-4-5-6-7-8-9-10-14(22)19-17-20-15-13(11-12-18-15)16(23)21-17/h11-12H,2-10H2,1H3,(H3,18,19,20,21,22,23). The molecule has 0 aliphatic rings. The molecule has 0 fully saturated rings. The Morgan fingerprint density at radius 2 is 1.83 bits per heavy atom. The van der Waals surface area contributed by atoms with Crippen LogP contribution in [0.1, 0.15) is 64.7 Å². The number of hydrogen-bond donors (Lipinski definition) is 3. The molecule has 0 unspecified atom stereocenters. The van der Waals surface area contributed by atoms with Gasteiger partial charge in [0.05, 0.1) is 5.39 Å². The summed E-state index contributed by atoms with van der Waals surface area (Å²) in [5, 5.41) is 3.15. The van der Waals surface area contributed by atoms with Crippen LogP contribution in [-0.4, -0.2) is 20.9 Å². The zero-order valence-corrected chi connectivity index (χ0v) is 13.8. The first-order valence-electron chi connectivity index (χ1n) is 8.58. The first kappa shape index (κ1) is 17.2. The summed E-state index contributed by atoms with van der Waals surface area (Å²) in [4.78, 5) is 33.3. The van der Waals surface area contributed by atoms with Crippen LogP contribution in [-0.2, 0) is 4.79 Å². The van der Waals surface area contributed by atoms with Crippen molar-refractivity contribution < 1.29 is 4.79 Å². The lowest BCUT2D eigenvalue weighted by atomic mass is 10.1. The molecule has 0 saturated carbocycles. The quantitative estimate of drug-likeness (QED) is 0.583. The second-order valence-corrected chi connectivity index (χ2v) is 5.93. The molecule has 0 atom stereocenters. The molecular formula is C17H26N4O2. The maximum absolute atomic E-state index is 11.9. The Bertz CT molecular complexity index is 675. The highest BCUT2D eigenvalue weighted by molar-refractivity contribution is 5.89. The molecule has 2 rings (SSSR count). The van der Waals surface area contributed by atoms with Gasteiger partial charge in [-0.2, -0.15) is 4.98 Å². The molecule has 0 radical (unpaired) electrons. The van der Waals surface area contributed by atoms with Crippen molar-refractivity contribution in [2.45, 2.75) is 64.7 Å². The second-order valence-electron chi connectivity index (χ2n) is 5.93. The number of fused-ring (bicyclic) bond motifs is 1. The van der Waals surface area contributed by atoms with Gasteiger partial charge in [0.25, 0.3) is 5.56 Å². The molecule has 0 bridgehead atoms. The molecule has 3 N–H and O–H groups in total. The summed E-state index contributed by atoms with van der Waals surface area (Å²) in [6, 6.07) is 1.66. The van der Waals surface area contributed by atoms with Gasteiger partial charge in [0.1, 0.15) is 5.65 Å². The lowest BCUT2D eigenvalue weighted by Gasteiger charge is -2.04. The van der Waals surface area contributed by atoms with Crippen molar-refractivity contribution in [3.8, 4) is 0 Å². The van der Waals surface area contributed by atoms with E-state index in [9.17, 15) is 9.59 Å². The van der Waals surface area contributed by atoms with Crippen LogP contribution in [0.15, 0.2) is 17.1 Å². The van der Waals surface area contributed by atoms with E-state index < -0.39 is 0 Å². The predicted octanol–water partition coefficient (Wildman–Crippen LogP) is 3.72. The first-order chi connectivity index (χ1) is 11.2. The van der Waals surface area contributed by atoms with Gasteiger partial charge in [-0.1, -0.05) is 51.9 Å². The van der Waals surface area contributed by atoms with Crippen molar-refractivity contribution in [3.63, 3.8) is 0 Å². The summed E-state index contributed by atoms with van der Waals surface area (Å²) in [6.07, 6.45) is 11.7. The van der Waals surface area contributed by atoms with Crippen molar-refractivity contribution in [1.29, 1.82) is 0 Å². The molecule has 0 spiro atoms. The normalized spacial score (nSPS) is 11.0. The molecule has 23 heavy (non-hydrogen) atoms. The Kier molecular flexibility index (Phi) is 6.84. The molecule has 2 heterocycles. The molecule has 0 saturated heterocycles. The summed E-state index contributed by atoms with van der Waals surface area (Å²) < 4.78 is 0. The van der Waals surface area contributed by atoms with Crippen molar-refractivity contribution >= 4 is 22.9 Å². The second kappa shape index (κ2) is 9.12. The van der Waals surface area contributed by atoms with E-state index in [1.54, 1.807) is 12.3 Å². The van der Waals surface area contributed by atoms with Gasteiger partial charge in [-0.15, -0.1) is 0 Å². The van der Waals surface area contributed by atoms with Crippen molar-refractivity contribution in [2.24, 2.45) is 0 Å². The third-order valence-electron chi connectivity index (χ3n) is 3.94. The molecule has 0 aliphatic carbocycles. The molecule has 126 valence electrons. The molecule has 2 aromatic rings. The van der Waals surface area contributed by atoms with Crippen LogP contribution in [0.2, 0.25) is 0 Å². The number of H-pyrrole nitrogens is 2. The Balaban J connectivity index is 1.67. The number of aromatic nitrogens is 3. The molecule has 0 aromatic carbocycles. The average Bonchev–Trinajstić information content (AvgIpc) is 2.99. The van der Waals surface area contributed by atoms with E-state index in [-0.39, 0.29) is 17.4 Å². The first-order valence-corrected chi connectivity index (χ1v) is 8.58. The minimum Gasteiger partial charge on any atom is -0.346 e. The number of nitrogens with one attached hydrogen (secondary N) is 3. The van der Waals surface area contributed by atoms with Crippen LogP contribution in [0.5, 0.6) is 0 Å². The van der Waals surface area contributed by atoms with Gasteiger partial charge in [-0.05, 0) is 12.5 Å². The number of amides is 1. The van der Waals surface area contributed by atoms with Gasteiger partial charge in [0.2, 0.25) is 11.9 Å². The van der Waals surface area contributed by atoms with Crippen LogP contribution >= 0.6 is 0 Å². The number of carbonyl (C=O) groups excluding carboxylic acids is 1. The minimum atomic E-state index is -0.251. The van der Waals surface area contributed by atoms with Gasteiger partial charge in [0, 0.05) is 12.6 Å². The number of carbonyl (C=O) groups is 1. The van der Waals surface area contributed by atoms with Crippen LogP contribution in [0.25, 0.3) is 11.0 Å². The van der Waals surface area contributed by atoms with Gasteiger partial charge in [-0.3, -0.25) is 19.9 Å². The number of unbranched alkanes of at least 4 members (excludes halogenated alkanes) is 7. The van der Waals surface area contributed by atoms with Crippen LogP contribution in [0.4, 0.5) is 5.95 Å². The zero-order chi connectivity index (χ0) is 16.5. The van der Waals surface area contributed by atoms with Gasteiger partial charge in [0.15, 0.2) is 0 Å². The highest BCUT2D eigenvalue weighted by Gasteiger charge is 2.07. The summed E-state index contributed by atoms with van der Waals surface area (Å²) in [5.74, 6) is 0.0968. The van der Waals surface area contributed by atoms with Gasteiger partial charge < -0.3 is 4.98 Å². The fourth-order valence-corrected chi connectivity index (χ4v) is 2.62. The van der Waals surface area contributed by atoms with Crippen molar-refractivity contribution in [3.05, 3.63) is 22.6 Å². The van der Waals surface area contributed by atoms with E-state index in [1.165, 1.54) is 38.5 Å². The highest BCUT2D eigenvalue weighted by atomic mass is 16.2. The van der Waals surface area contributed by atoms with Crippen molar-refractivity contribution in [1.82, 2.24) is 15.0 Å². The molecule has 6 nitrogen and oxygen atoms in total. The fourth-order valence-electron chi connectivity index (χ4n) is 2.62. The molecule has 6 heteroatoms. The minimum absolute atomic E-state index is 0.106. The Hall–Kier alpha value is -2.11. The van der Waals surface area contributed by atoms with E-state index in [2.05, 4.69) is 27.2 Å². The summed E-state index contributed by atoms with van der Waals surface area (Å²) in [6.45, 7) is 2.22. The smallest absolute Gasteiger partial charge is 0.261 e. The fraction of sp³-hybridized carbons (Fsp3) is 0.588. The number of anilines is 1. The van der Waals surface area contributed by atoms with Gasteiger partial charge in [-0.25, -0.2) is 0 Å². The van der Waals surface area contributed by atoms with E-state index >= 15 is 0 Å². The Morgan fingerprint density at radius 1 is 1.13 bits per heavy atom. The number of aromatic amines is 2. The summed E-state index contributed by atoms with van der Waals surface area (Å²) >= 11 is 0. The average molecular weight is 318 g/mol. The van der Waals surface area contributed by atoms with E-state index in [4.69, 9.17) is 0 Å². The lowest BCUT2D eigenvalue weighted by Crippen LogP contribution is -2.17. The zero-order valence-electron chi connectivity index (χ0n) is 13.8. The predicted molar refractivity (Wildman–Crippen MR) is 92.6 cm³/mol. The third kappa shape index (κ3) is 5.54. The number of hydrogen-bond acceptors (Lipinski definition) is 3. The lowest BCUT2D eigenvalue weighted by molar-refractivity contribution is -0.116. The molecule has 0 aliphatic heterocycles. The Labute approximate surface area is 136 Å². The van der Waals surface area contributed by atoms with Crippen LogP contribution in [0, 0.1) is 0 Å². The summed E-state index contributed by atoms with van der Waals surface area (Å²) in [5.41, 5.74) is 0.231. The topological polar surface area (TPSA) is 90.6 Å². The Morgan fingerprint density at radius 3 is 2.57 bits per heavy atom. The SMILES string of the molecule is CCCCCCCCCCC(=O)Nc1nc2[nH]ccc2c(=O)[nH]1.